The molecule has 1 aliphatic carbocycles. The van der Waals surface area contributed by atoms with Crippen LogP contribution in [0, 0.1) is 18.3 Å². The van der Waals surface area contributed by atoms with Gasteiger partial charge in [-0.15, -0.1) is 0 Å². The molecular formula is C46H55F2N9O5. The second-order valence-electron chi connectivity index (χ2n) is 18.8. The lowest BCUT2D eigenvalue weighted by Crippen LogP contribution is -2.59. The minimum Gasteiger partial charge on any atom is -0.386 e. The van der Waals surface area contributed by atoms with Crippen LogP contribution in [0.4, 0.5) is 20.2 Å². The zero-order valence-corrected chi connectivity index (χ0v) is 35.8. The van der Waals surface area contributed by atoms with Crippen LogP contribution in [0.15, 0.2) is 59.8 Å². The van der Waals surface area contributed by atoms with Gasteiger partial charge in [-0.05, 0) is 120 Å². The van der Waals surface area contributed by atoms with Gasteiger partial charge in [0.2, 0.25) is 11.8 Å². The molecule has 1 atom stereocenters. The lowest BCUT2D eigenvalue weighted by molar-refractivity contribution is -0.179. The van der Waals surface area contributed by atoms with Crippen molar-refractivity contribution in [3.8, 4) is 0 Å². The maximum Gasteiger partial charge on any atom is 0.329 e. The van der Waals surface area contributed by atoms with Crippen LogP contribution in [0.2, 0.25) is 0 Å². The number of nitrogens with zero attached hydrogens (tertiary/aromatic N) is 7. The minimum absolute atomic E-state index is 0.150. The van der Waals surface area contributed by atoms with Crippen LogP contribution in [-0.4, -0.2) is 90.3 Å². The summed E-state index contributed by atoms with van der Waals surface area (Å²) >= 11 is 0. The number of carbonyl (C=O) groups is 3. The van der Waals surface area contributed by atoms with Gasteiger partial charge in [0, 0.05) is 73.7 Å². The molecule has 4 fully saturated rings. The number of pyridine rings is 1. The summed E-state index contributed by atoms with van der Waals surface area (Å²) < 4.78 is 37.7. The zero-order valence-electron chi connectivity index (χ0n) is 35.8. The van der Waals surface area contributed by atoms with Crippen LogP contribution in [-0.2, 0) is 22.2 Å². The number of piperidine rings is 3. The van der Waals surface area contributed by atoms with E-state index in [9.17, 15) is 24.3 Å². The van der Waals surface area contributed by atoms with Gasteiger partial charge >= 0.3 is 5.69 Å². The number of para-hydroxylation sites is 1. The molecule has 328 valence electrons. The highest BCUT2D eigenvalue weighted by atomic mass is 19.3. The second kappa shape index (κ2) is 15.7. The van der Waals surface area contributed by atoms with E-state index in [0.29, 0.717) is 79.2 Å². The number of aryl methyl sites for hydroxylation is 2. The highest BCUT2D eigenvalue weighted by molar-refractivity contribution is 6.05. The van der Waals surface area contributed by atoms with Crippen molar-refractivity contribution in [3.63, 3.8) is 0 Å². The summed E-state index contributed by atoms with van der Waals surface area (Å²) in [5.74, 6) is -3.71. The molecule has 2 aromatic carbocycles. The summed E-state index contributed by atoms with van der Waals surface area (Å²) in [6.07, 6.45) is 10.2. The third-order valence-electron chi connectivity index (χ3n) is 14.2. The van der Waals surface area contributed by atoms with Gasteiger partial charge in [0.25, 0.3) is 11.8 Å². The molecule has 62 heavy (non-hydrogen) atoms. The number of hydrogen-bond donors (Lipinski definition) is 3. The molecule has 14 nitrogen and oxygen atoms in total. The molecule has 3 amide bonds. The predicted molar refractivity (Wildman–Crippen MR) is 231 cm³/mol. The van der Waals surface area contributed by atoms with E-state index in [1.807, 2.05) is 47.0 Å². The Morgan fingerprint density at radius 2 is 1.74 bits per heavy atom. The average Bonchev–Trinajstić information content (AvgIpc) is 3.76. The van der Waals surface area contributed by atoms with E-state index < -0.39 is 28.9 Å². The minimum atomic E-state index is -2.85. The molecule has 16 heteroatoms. The van der Waals surface area contributed by atoms with Gasteiger partial charge in [0.15, 0.2) is 0 Å². The Balaban J connectivity index is 0.818. The molecule has 9 rings (SSSR count). The molecule has 1 spiro atoms. The fraction of sp³-hybridized carbons (Fsp3) is 0.522. The number of hydrogen-bond acceptors (Lipinski definition) is 9. The number of aliphatic hydroxyl groups is 1. The normalized spacial score (nSPS) is 23.3. The van der Waals surface area contributed by atoms with Crippen LogP contribution in [0.25, 0.3) is 21.9 Å². The van der Waals surface area contributed by atoms with Crippen molar-refractivity contribution >= 4 is 51.0 Å². The van der Waals surface area contributed by atoms with E-state index in [1.165, 1.54) is 15.3 Å². The molecule has 0 bridgehead atoms. The number of nitrogens with one attached hydrogen (secondary N) is 2. The van der Waals surface area contributed by atoms with E-state index >= 15 is 8.78 Å². The Kier molecular flexibility index (Phi) is 10.6. The SMILES string of the molecule is Cc1cncc(C(=O)Nc2cc3cn(C4CCC(CN5CCC6(CCN(c7cccc8c7n(C)c(=O)n8C7CCC(=O)NC7=O)CC6)C(F)(F)C5)CC4)nc3cc2C(C)(C)O)c1. The molecule has 3 aromatic heterocycles. The third-order valence-corrected chi connectivity index (χ3v) is 14.2. The third kappa shape index (κ3) is 7.58. The summed E-state index contributed by atoms with van der Waals surface area (Å²) in [4.78, 5) is 59.4. The molecule has 5 aromatic rings. The van der Waals surface area contributed by atoms with Crippen molar-refractivity contribution in [1.29, 1.82) is 0 Å². The number of aromatic nitrogens is 5. The molecule has 4 aliphatic rings. The molecule has 0 radical (unpaired) electrons. The smallest absolute Gasteiger partial charge is 0.329 e. The second-order valence-corrected chi connectivity index (χ2v) is 18.8. The molecule has 3 N–H and O–H groups in total. The molecule has 1 saturated carbocycles. The van der Waals surface area contributed by atoms with Gasteiger partial charge < -0.3 is 15.3 Å². The number of imidazole rings is 1. The van der Waals surface area contributed by atoms with Gasteiger partial charge in [0.1, 0.15) is 6.04 Å². The Labute approximate surface area is 358 Å². The molecule has 3 aliphatic heterocycles. The number of rotatable bonds is 8. The van der Waals surface area contributed by atoms with Crippen molar-refractivity contribution in [2.45, 2.75) is 102 Å². The number of likely N-dealkylation sites (tertiary alicyclic amines) is 1. The van der Waals surface area contributed by atoms with Crippen molar-refractivity contribution < 1.29 is 28.3 Å². The number of imide groups is 1. The summed E-state index contributed by atoms with van der Waals surface area (Å²) in [5, 5.41) is 22.1. The van der Waals surface area contributed by atoms with E-state index in [0.717, 1.165) is 47.8 Å². The van der Waals surface area contributed by atoms with Gasteiger partial charge in [0.05, 0.1) is 46.0 Å². The number of carbonyl (C=O) groups excluding carboxylic acids is 3. The highest BCUT2D eigenvalue weighted by Crippen LogP contribution is 2.52. The van der Waals surface area contributed by atoms with Gasteiger partial charge in [-0.2, -0.15) is 5.10 Å². The number of anilines is 2. The standard InChI is InChI=1S/C46H55F2N9O5/c1-28-20-30(24-49-23-28)41(59)50-35-21-31-26-56(52-34(31)22-33(35)44(2,3)62)32-10-8-29(9-11-32)25-54-17-14-45(46(47,48)27-54)15-18-55(19-16-45)36-6-5-7-37-40(36)53(4)43(61)57(37)38-12-13-39(58)51-42(38)60/h5-7,20-24,26,29,32,38,62H,8-19,25,27H2,1-4H3,(H,50,59)(H,51,58,60). The molecular weight excluding hydrogens is 797 g/mol. The lowest BCUT2D eigenvalue weighted by Gasteiger charge is -2.52. The summed E-state index contributed by atoms with van der Waals surface area (Å²) in [5.41, 5.74) is 2.43. The van der Waals surface area contributed by atoms with Gasteiger partial charge in [-0.3, -0.25) is 43.4 Å². The summed E-state index contributed by atoms with van der Waals surface area (Å²) in [7, 11) is 1.66. The van der Waals surface area contributed by atoms with Crippen LogP contribution in [0.1, 0.15) is 105 Å². The topological polar surface area (TPSA) is 160 Å². The van der Waals surface area contributed by atoms with Crippen LogP contribution in [0.5, 0.6) is 0 Å². The molecule has 3 saturated heterocycles. The maximum absolute atomic E-state index is 16.4. The van der Waals surface area contributed by atoms with E-state index in [2.05, 4.69) is 20.5 Å². The Morgan fingerprint density at radius 3 is 2.44 bits per heavy atom. The van der Waals surface area contributed by atoms with Crippen LogP contribution < -0.4 is 21.2 Å². The molecule has 1 unspecified atom stereocenters. The highest BCUT2D eigenvalue weighted by Gasteiger charge is 2.57. The first kappa shape index (κ1) is 41.9. The zero-order chi connectivity index (χ0) is 43.7. The average molecular weight is 852 g/mol. The Bertz CT molecular complexity index is 2630. The van der Waals surface area contributed by atoms with Crippen molar-refractivity contribution in [3.05, 3.63) is 82.2 Å². The molecule has 6 heterocycles. The lowest BCUT2D eigenvalue weighted by atomic mass is 9.68. The van der Waals surface area contributed by atoms with Crippen LogP contribution >= 0.6 is 0 Å². The van der Waals surface area contributed by atoms with Crippen molar-refractivity contribution in [2.24, 2.45) is 18.4 Å². The number of fused-ring (bicyclic) bond motifs is 2. The summed E-state index contributed by atoms with van der Waals surface area (Å²) in [6.45, 7) is 7.11. The van der Waals surface area contributed by atoms with Gasteiger partial charge in [-0.25, -0.2) is 13.6 Å². The van der Waals surface area contributed by atoms with E-state index in [-0.39, 0.29) is 42.9 Å². The first-order valence-corrected chi connectivity index (χ1v) is 21.9. The number of alkyl halides is 2. The predicted octanol–water partition coefficient (Wildman–Crippen LogP) is 6.21. The number of halogens is 2. The largest absolute Gasteiger partial charge is 0.386 e. The quantitative estimate of drug-likeness (QED) is 0.154. The summed E-state index contributed by atoms with van der Waals surface area (Å²) in [6, 6.07) is 10.4. The van der Waals surface area contributed by atoms with E-state index in [1.54, 1.807) is 39.2 Å². The first-order valence-electron chi connectivity index (χ1n) is 21.9. The van der Waals surface area contributed by atoms with Crippen LogP contribution in [0.3, 0.4) is 0 Å². The van der Waals surface area contributed by atoms with Gasteiger partial charge in [-0.1, -0.05) is 6.07 Å². The Morgan fingerprint density at radius 1 is 1.00 bits per heavy atom. The van der Waals surface area contributed by atoms with Crippen molar-refractivity contribution in [2.75, 3.05) is 42.9 Å². The number of benzene rings is 2. The monoisotopic (exact) mass is 851 g/mol. The van der Waals surface area contributed by atoms with E-state index in [4.69, 9.17) is 5.10 Å². The first-order chi connectivity index (χ1) is 29.5. The number of amides is 3. The Hall–Kier alpha value is -5.48. The maximum atomic E-state index is 16.4. The van der Waals surface area contributed by atoms with Crippen molar-refractivity contribution in [1.82, 2.24) is 34.1 Å². The fourth-order valence-electron chi connectivity index (χ4n) is 10.7. The fourth-order valence-corrected chi connectivity index (χ4v) is 10.7.